The van der Waals surface area contributed by atoms with E-state index < -0.39 is 5.82 Å². The molecular weight excluding hydrogens is 319 g/mol. The number of rotatable bonds is 3. The third kappa shape index (κ3) is 2.43. The molecule has 1 aliphatic rings. The Labute approximate surface area is 136 Å². The van der Waals surface area contributed by atoms with Crippen LogP contribution in [0.3, 0.4) is 0 Å². The van der Waals surface area contributed by atoms with E-state index in [0.29, 0.717) is 29.2 Å². The molecule has 23 heavy (non-hydrogen) atoms. The van der Waals surface area contributed by atoms with Gasteiger partial charge in [-0.05, 0) is 36.5 Å². The van der Waals surface area contributed by atoms with E-state index in [0.717, 1.165) is 25.0 Å². The molecule has 0 spiro atoms. The second kappa shape index (κ2) is 5.45. The maximum Gasteiger partial charge on any atom is 0.279 e. The van der Waals surface area contributed by atoms with Crippen molar-refractivity contribution >= 4 is 17.4 Å². The molecule has 118 valence electrons. The zero-order valence-electron chi connectivity index (χ0n) is 12.2. The summed E-state index contributed by atoms with van der Waals surface area (Å²) in [5, 5.41) is 4.04. The highest BCUT2D eigenvalue weighted by Gasteiger charge is 2.26. The molecular formula is C16H14ClFN4O. The topological polar surface area (TPSA) is 63.0 Å². The summed E-state index contributed by atoms with van der Waals surface area (Å²) in [4.78, 5) is 20.0. The second-order valence-electron chi connectivity index (χ2n) is 5.87. The summed E-state index contributed by atoms with van der Waals surface area (Å²) in [7, 11) is 0. The molecule has 0 saturated heterocycles. The molecule has 4 rings (SSSR count). The first-order valence-corrected chi connectivity index (χ1v) is 7.90. The van der Waals surface area contributed by atoms with Gasteiger partial charge in [-0.1, -0.05) is 24.1 Å². The lowest BCUT2D eigenvalue weighted by Gasteiger charge is -2.27. The van der Waals surface area contributed by atoms with Gasteiger partial charge in [0.25, 0.3) is 5.56 Å². The van der Waals surface area contributed by atoms with Gasteiger partial charge in [0.1, 0.15) is 12.1 Å². The summed E-state index contributed by atoms with van der Waals surface area (Å²) < 4.78 is 14.9. The van der Waals surface area contributed by atoms with E-state index in [1.54, 1.807) is 6.07 Å². The lowest BCUT2D eigenvalue weighted by Crippen LogP contribution is -2.26. The van der Waals surface area contributed by atoms with Crippen molar-refractivity contribution in [1.29, 1.82) is 0 Å². The largest absolute Gasteiger partial charge is 0.327 e. The van der Waals surface area contributed by atoms with E-state index in [1.165, 1.54) is 23.0 Å². The van der Waals surface area contributed by atoms with Crippen LogP contribution >= 0.6 is 11.6 Å². The minimum atomic E-state index is -0.479. The Hall–Kier alpha value is -2.21. The molecule has 1 N–H and O–H groups in total. The van der Waals surface area contributed by atoms with Gasteiger partial charge >= 0.3 is 0 Å². The van der Waals surface area contributed by atoms with Gasteiger partial charge < -0.3 is 4.98 Å². The first kappa shape index (κ1) is 14.4. The number of halogens is 2. The molecule has 0 unspecified atom stereocenters. The Morgan fingerprint density at radius 3 is 2.91 bits per heavy atom. The number of benzene rings is 1. The van der Waals surface area contributed by atoms with E-state index in [1.807, 2.05) is 0 Å². The number of aromatic amines is 1. The number of nitrogens with one attached hydrogen (secondary N) is 1. The summed E-state index contributed by atoms with van der Waals surface area (Å²) >= 11 is 5.73. The molecule has 7 heteroatoms. The molecule has 1 fully saturated rings. The number of hydrogen-bond donors (Lipinski definition) is 1. The highest BCUT2D eigenvalue weighted by Crippen LogP contribution is 2.36. The van der Waals surface area contributed by atoms with Gasteiger partial charge in [0.05, 0.1) is 5.02 Å². The van der Waals surface area contributed by atoms with Crippen LogP contribution in [0.4, 0.5) is 4.39 Å². The van der Waals surface area contributed by atoms with Gasteiger partial charge in [0.15, 0.2) is 0 Å². The maximum absolute atomic E-state index is 13.7. The van der Waals surface area contributed by atoms with Gasteiger partial charge in [-0.3, -0.25) is 4.79 Å². The molecule has 0 bridgehead atoms. The Morgan fingerprint density at radius 1 is 1.39 bits per heavy atom. The quantitative estimate of drug-likeness (QED) is 0.801. The van der Waals surface area contributed by atoms with E-state index in [2.05, 4.69) is 15.1 Å². The molecule has 1 saturated carbocycles. The first-order chi connectivity index (χ1) is 11.1. The summed E-state index contributed by atoms with van der Waals surface area (Å²) in [5.74, 6) is 0.298. The van der Waals surface area contributed by atoms with Crippen molar-refractivity contribution < 1.29 is 4.39 Å². The highest BCUT2D eigenvalue weighted by molar-refractivity contribution is 6.30. The monoisotopic (exact) mass is 332 g/mol. The van der Waals surface area contributed by atoms with Crippen molar-refractivity contribution in [3.63, 3.8) is 0 Å². The summed E-state index contributed by atoms with van der Waals surface area (Å²) in [6.07, 6.45) is 4.93. The van der Waals surface area contributed by atoms with Crippen molar-refractivity contribution in [3.05, 3.63) is 62.5 Å². The summed E-state index contributed by atoms with van der Waals surface area (Å²) in [5.41, 5.74) is 2.03. The van der Waals surface area contributed by atoms with Crippen LogP contribution in [0.1, 0.15) is 42.0 Å². The predicted octanol–water partition coefficient (Wildman–Crippen LogP) is 3.07. The average molecular weight is 333 g/mol. The van der Waals surface area contributed by atoms with Crippen LogP contribution in [0, 0.1) is 5.82 Å². The van der Waals surface area contributed by atoms with Crippen molar-refractivity contribution in [3.8, 4) is 0 Å². The Balaban J connectivity index is 1.84. The molecule has 0 atom stereocenters. The minimum absolute atomic E-state index is 0.0774. The third-order valence-electron chi connectivity index (χ3n) is 4.45. The van der Waals surface area contributed by atoms with Crippen molar-refractivity contribution in [2.75, 3.05) is 0 Å². The standard InChI is InChI=1S/C16H14ClFN4O/c17-12-5-4-9(7-13(12)18)6-11-14(10-2-1-3-10)21-16-19-8-20-22(16)15(11)23/h4-5,7-8,10H,1-3,6H2,(H,19,20,21). The van der Waals surface area contributed by atoms with Gasteiger partial charge in [0, 0.05) is 17.7 Å². The van der Waals surface area contributed by atoms with Crippen LogP contribution in [0.25, 0.3) is 5.78 Å². The SMILES string of the molecule is O=c1c(Cc2ccc(Cl)c(F)c2)c(C2CCC2)[nH]c2ncnn12. The maximum atomic E-state index is 13.7. The van der Waals surface area contributed by atoms with Gasteiger partial charge in [-0.2, -0.15) is 14.6 Å². The second-order valence-corrected chi connectivity index (χ2v) is 6.28. The Morgan fingerprint density at radius 2 is 2.22 bits per heavy atom. The molecule has 3 aromatic rings. The van der Waals surface area contributed by atoms with Crippen LogP contribution in [0.15, 0.2) is 29.3 Å². The van der Waals surface area contributed by atoms with Crippen LogP contribution in [-0.2, 0) is 6.42 Å². The van der Waals surface area contributed by atoms with Gasteiger partial charge in [-0.15, -0.1) is 0 Å². The highest BCUT2D eigenvalue weighted by atomic mass is 35.5. The molecule has 0 aliphatic heterocycles. The normalized spacial score (nSPS) is 15.0. The fourth-order valence-electron chi connectivity index (χ4n) is 2.98. The molecule has 5 nitrogen and oxygen atoms in total. The average Bonchev–Trinajstić information content (AvgIpc) is 2.93. The smallest absolute Gasteiger partial charge is 0.279 e. The number of fused-ring (bicyclic) bond motifs is 1. The molecule has 0 radical (unpaired) electrons. The first-order valence-electron chi connectivity index (χ1n) is 7.52. The van der Waals surface area contributed by atoms with Crippen LogP contribution in [0.2, 0.25) is 5.02 Å². The number of hydrogen-bond acceptors (Lipinski definition) is 3. The lowest BCUT2D eigenvalue weighted by atomic mass is 9.80. The molecule has 0 amide bonds. The zero-order chi connectivity index (χ0) is 16.0. The van der Waals surface area contributed by atoms with Crippen molar-refractivity contribution in [1.82, 2.24) is 19.6 Å². The molecule has 2 aromatic heterocycles. The number of H-pyrrole nitrogens is 1. The predicted molar refractivity (Wildman–Crippen MR) is 84.4 cm³/mol. The number of nitrogens with zero attached hydrogens (tertiary/aromatic N) is 3. The summed E-state index contributed by atoms with van der Waals surface area (Å²) in [6, 6.07) is 4.62. The van der Waals surface area contributed by atoms with E-state index in [4.69, 9.17) is 11.6 Å². The fraction of sp³-hybridized carbons (Fsp3) is 0.312. The summed E-state index contributed by atoms with van der Waals surface area (Å²) in [6.45, 7) is 0. The Bertz CT molecular complexity index is 945. The molecule has 1 aliphatic carbocycles. The molecule has 1 aromatic carbocycles. The lowest BCUT2D eigenvalue weighted by molar-refractivity contribution is 0.408. The van der Waals surface area contributed by atoms with Gasteiger partial charge in [0.2, 0.25) is 5.78 Å². The third-order valence-corrected chi connectivity index (χ3v) is 4.75. The van der Waals surface area contributed by atoms with Crippen molar-refractivity contribution in [2.45, 2.75) is 31.6 Å². The zero-order valence-corrected chi connectivity index (χ0v) is 13.0. The number of aromatic nitrogens is 4. The fourth-order valence-corrected chi connectivity index (χ4v) is 3.10. The van der Waals surface area contributed by atoms with Crippen LogP contribution in [0.5, 0.6) is 0 Å². The van der Waals surface area contributed by atoms with E-state index in [9.17, 15) is 9.18 Å². The van der Waals surface area contributed by atoms with Gasteiger partial charge in [-0.25, -0.2) is 4.39 Å². The van der Waals surface area contributed by atoms with Crippen LogP contribution < -0.4 is 5.56 Å². The van der Waals surface area contributed by atoms with E-state index >= 15 is 0 Å². The van der Waals surface area contributed by atoms with Crippen molar-refractivity contribution in [2.24, 2.45) is 0 Å². The molecule has 2 heterocycles. The van der Waals surface area contributed by atoms with E-state index in [-0.39, 0.29) is 10.6 Å². The van der Waals surface area contributed by atoms with Crippen LogP contribution in [-0.4, -0.2) is 19.6 Å². The minimum Gasteiger partial charge on any atom is -0.327 e. The Kier molecular flexibility index (Phi) is 3.41.